The van der Waals surface area contributed by atoms with E-state index < -0.39 is 15.3 Å². The summed E-state index contributed by atoms with van der Waals surface area (Å²) in [6, 6.07) is 4.09. The van der Waals surface area contributed by atoms with E-state index in [0.717, 1.165) is 17.7 Å². The zero-order chi connectivity index (χ0) is 16.6. The third-order valence-corrected chi connectivity index (χ3v) is 6.49. The molecule has 0 amide bonds. The Hall–Kier alpha value is -1.45. The maximum Gasteiger partial charge on any atom is 0.346 e. The van der Waals surface area contributed by atoms with Gasteiger partial charge in [0.25, 0.3) is 0 Å². The summed E-state index contributed by atoms with van der Waals surface area (Å²) >= 11 is 1.54. The summed E-state index contributed by atoms with van der Waals surface area (Å²) in [5.41, 5.74) is -0.167. The van der Waals surface area contributed by atoms with Crippen molar-refractivity contribution >= 4 is 21.4 Å². The summed E-state index contributed by atoms with van der Waals surface area (Å²) in [6.45, 7) is 3.62. The highest BCUT2D eigenvalue weighted by molar-refractivity contribution is 7.90. The van der Waals surface area contributed by atoms with Gasteiger partial charge in [-0.15, -0.1) is 16.4 Å². The highest BCUT2D eigenvalue weighted by Gasteiger charge is 2.30. The molecule has 1 fully saturated rings. The van der Waals surface area contributed by atoms with Crippen molar-refractivity contribution in [3.05, 3.63) is 28.0 Å². The molecule has 0 spiro atoms. The summed E-state index contributed by atoms with van der Waals surface area (Å²) < 4.78 is 29.1. The van der Waals surface area contributed by atoms with Crippen LogP contribution in [0.2, 0.25) is 0 Å². The SMILES string of the molecule is CC(C)S(=O)(=O)NCCn1nc(-c2cccs2)n(C2CC2)c1=O. The highest BCUT2D eigenvalue weighted by atomic mass is 32.2. The van der Waals surface area contributed by atoms with Crippen molar-refractivity contribution in [2.24, 2.45) is 0 Å². The van der Waals surface area contributed by atoms with Gasteiger partial charge in [0, 0.05) is 12.6 Å². The third-order valence-electron chi connectivity index (χ3n) is 3.77. The molecule has 0 atom stereocenters. The van der Waals surface area contributed by atoms with Gasteiger partial charge >= 0.3 is 5.69 Å². The van der Waals surface area contributed by atoms with Gasteiger partial charge in [0.2, 0.25) is 10.0 Å². The van der Waals surface area contributed by atoms with E-state index in [1.807, 2.05) is 17.5 Å². The van der Waals surface area contributed by atoms with Gasteiger partial charge in [-0.25, -0.2) is 22.6 Å². The van der Waals surface area contributed by atoms with Crippen LogP contribution in [0, 0.1) is 0 Å². The van der Waals surface area contributed by atoms with E-state index in [1.165, 1.54) is 4.68 Å². The zero-order valence-electron chi connectivity index (χ0n) is 13.1. The van der Waals surface area contributed by atoms with Crippen molar-refractivity contribution in [2.75, 3.05) is 6.54 Å². The molecule has 23 heavy (non-hydrogen) atoms. The summed E-state index contributed by atoms with van der Waals surface area (Å²) in [5.74, 6) is 0.680. The zero-order valence-corrected chi connectivity index (χ0v) is 14.7. The van der Waals surface area contributed by atoms with Crippen LogP contribution in [-0.2, 0) is 16.6 Å². The van der Waals surface area contributed by atoms with E-state index in [4.69, 9.17) is 0 Å². The first-order chi connectivity index (χ1) is 10.9. The predicted octanol–water partition coefficient (Wildman–Crippen LogP) is 1.44. The van der Waals surface area contributed by atoms with Gasteiger partial charge in [-0.05, 0) is 38.1 Å². The Morgan fingerprint density at radius 3 is 2.74 bits per heavy atom. The number of nitrogens with zero attached hydrogens (tertiary/aromatic N) is 3. The van der Waals surface area contributed by atoms with E-state index >= 15 is 0 Å². The van der Waals surface area contributed by atoms with E-state index in [-0.39, 0.29) is 24.8 Å². The molecular formula is C14H20N4O3S2. The van der Waals surface area contributed by atoms with Gasteiger partial charge in [-0.2, -0.15) is 0 Å². The molecular weight excluding hydrogens is 336 g/mol. The first-order valence-electron chi connectivity index (χ1n) is 7.62. The number of aromatic nitrogens is 3. The third kappa shape index (κ3) is 3.41. The van der Waals surface area contributed by atoms with Crippen LogP contribution >= 0.6 is 11.3 Å². The maximum atomic E-state index is 12.5. The van der Waals surface area contributed by atoms with E-state index in [1.54, 1.807) is 29.8 Å². The molecule has 1 N–H and O–H groups in total. The number of hydrogen-bond donors (Lipinski definition) is 1. The molecule has 7 nitrogen and oxygen atoms in total. The molecule has 0 unspecified atom stereocenters. The van der Waals surface area contributed by atoms with Crippen LogP contribution in [-0.4, -0.2) is 34.6 Å². The lowest BCUT2D eigenvalue weighted by atomic mass is 10.4. The Bertz CT molecular complexity index is 830. The molecule has 0 aromatic carbocycles. The molecule has 3 rings (SSSR count). The van der Waals surface area contributed by atoms with Crippen molar-refractivity contribution in [3.8, 4) is 10.7 Å². The fraction of sp³-hybridized carbons (Fsp3) is 0.571. The van der Waals surface area contributed by atoms with Crippen molar-refractivity contribution in [2.45, 2.75) is 44.5 Å². The quantitative estimate of drug-likeness (QED) is 0.813. The first-order valence-corrected chi connectivity index (χ1v) is 10.0. The van der Waals surface area contributed by atoms with Gasteiger partial charge in [0.05, 0.1) is 16.7 Å². The number of rotatable bonds is 7. The van der Waals surface area contributed by atoms with Crippen molar-refractivity contribution in [1.29, 1.82) is 0 Å². The lowest BCUT2D eigenvalue weighted by molar-refractivity contribution is 0.542. The average Bonchev–Trinajstić information content (AvgIpc) is 3.06. The van der Waals surface area contributed by atoms with Crippen LogP contribution in [0.3, 0.4) is 0 Å². The molecule has 0 bridgehead atoms. The first kappa shape index (κ1) is 16.4. The Balaban J connectivity index is 1.81. The molecule has 2 heterocycles. The van der Waals surface area contributed by atoms with Crippen LogP contribution in [0.4, 0.5) is 0 Å². The summed E-state index contributed by atoms with van der Waals surface area (Å²) in [4.78, 5) is 13.5. The van der Waals surface area contributed by atoms with Crippen LogP contribution in [0.1, 0.15) is 32.7 Å². The number of nitrogens with one attached hydrogen (secondary N) is 1. The Kier molecular flexibility index (Phi) is 4.43. The van der Waals surface area contributed by atoms with Gasteiger partial charge in [0.1, 0.15) is 0 Å². The molecule has 9 heteroatoms. The molecule has 2 aromatic rings. The Morgan fingerprint density at radius 1 is 1.43 bits per heavy atom. The minimum atomic E-state index is -3.33. The van der Waals surface area contributed by atoms with Gasteiger partial charge in [-0.1, -0.05) is 6.07 Å². The Morgan fingerprint density at radius 2 is 2.17 bits per heavy atom. The van der Waals surface area contributed by atoms with Gasteiger partial charge in [-0.3, -0.25) is 4.57 Å². The van der Waals surface area contributed by atoms with E-state index in [9.17, 15) is 13.2 Å². The predicted molar refractivity (Wildman–Crippen MR) is 90.1 cm³/mol. The van der Waals surface area contributed by atoms with E-state index in [0.29, 0.717) is 5.82 Å². The molecule has 0 saturated heterocycles. The fourth-order valence-electron chi connectivity index (χ4n) is 2.26. The second-order valence-corrected chi connectivity index (χ2v) is 9.17. The molecule has 1 saturated carbocycles. The summed E-state index contributed by atoms with van der Waals surface area (Å²) in [5, 5.41) is 5.88. The topological polar surface area (TPSA) is 86.0 Å². The van der Waals surface area contributed by atoms with E-state index in [2.05, 4.69) is 9.82 Å². The molecule has 2 aromatic heterocycles. The normalized spacial score (nSPS) is 15.4. The molecule has 1 aliphatic rings. The lowest BCUT2D eigenvalue weighted by Crippen LogP contribution is -2.35. The standard InChI is InChI=1S/C14H20N4O3S2/c1-10(2)23(20,21)15-7-8-17-14(19)18(11-5-6-11)13(16-17)12-4-3-9-22-12/h3-4,9-11,15H,5-8H2,1-2H3. The molecule has 126 valence electrons. The minimum absolute atomic E-state index is 0.159. The number of sulfonamides is 1. The number of thiophene rings is 1. The maximum absolute atomic E-state index is 12.5. The van der Waals surface area contributed by atoms with Gasteiger partial charge < -0.3 is 0 Å². The monoisotopic (exact) mass is 356 g/mol. The summed E-state index contributed by atoms with van der Waals surface area (Å²) in [6.07, 6.45) is 1.98. The second-order valence-electron chi connectivity index (χ2n) is 5.90. The van der Waals surface area contributed by atoms with Crippen LogP contribution in [0.15, 0.2) is 22.3 Å². The smallest absolute Gasteiger partial charge is 0.271 e. The minimum Gasteiger partial charge on any atom is -0.271 e. The number of hydrogen-bond acceptors (Lipinski definition) is 5. The van der Waals surface area contributed by atoms with Crippen LogP contribution < -0.4 is 10.4 Å². The van der Waals surface area contributed by atoms with Crippen molar-refractivity contribution in [3.63, 3.8) is 0 Å². The average molecular weight is 356 g/mol. The second kappa shape index (κ2) is 6.21. The largest absolute Gasteiger partial charge is 0.346 e. The van der Waals surface area contributed by atoms with Crippen molar-refractivity contribution in [1.82, 2.24) is 19.1 Å². The van der Waals surface area contributed by atoms with Crippen LogP contribution in [0.25, 0.3) is 10.7 Å². The fourth-order valence-corrected chi connectivity index (χ4v) is 3.68. The molecule has 0 radical (unpaired) electrons. The van der Waals surface area contributed by atoms with Gasteiger partial charge in [0.15, 0.2) is 5.82 Å². The Labute approximate surface area is 139 Å². The highest BCUT2D eigenvalue weighted by Crippen LogP contribution is 2.37. The van der Waals surface area contributed by atoms with Crippen molar-refractivity contribution < 1.29 is 8.42 Å². The molecule has 1 aliphatic carbocycles. The lowest BCUT2D eigenvalue weighted by Gasteiger charge is -2.08. The van der Waals surface area contributed by atoms with Crippen LogP contribution in [0.5, 0.6) is 0 Å². The summed E-state index contributed by atoms with van der Waals surface area (Å²) in [7, 11) is -3.33. The molecule has 0 aliphatic heterocycles.